The van der Waals surface area contributed by atoms with Crippen LogP contribution in [0.25, 0.3) is 0 Å². The molecular weight excluding hydrogens is 288 g/mol. The Morgan fingerprint density at radius 2 is 2.11 bits per heavy atom. The van der Waals surface area contributed by atoms with Crippen LogP contribution >= 0.6 is 15.9 Å². The highest BCUT2D eigenvalue weighted by Crippen LogP contribution is 2.51. The monoisotopic (exact) mass is 314 g/mol. The average Bonchev–Trinajstić information content (AvgIpc) is 2.31. The first-order valence-electron chi connectivity index (χ1n) is 7.07. The molecule has 1 saturated carbocycles. The van der Waals surface area contributed by atoms with E-state index in [0.29, 0.717) is 28.9 Å². The molecule has 2 heteroatoms. The third kappa shape index (κ3) is 3.07. The topological polar surface area (TPSA) is 17.1 Å². The summed E-state index contributed by atoms with van der Waals surface area (Å²) in [5.74, 6) is 1.63. The summed E-state index contributed by atoms with van der Waals surface area (Å²) in [6, 6.07) is 0. The number of carbonyl (C=O) groups excluding carboxylic acids is 1. The summed E-state index contributed by atoms with van der Waals surface area (Å²) in [5.41, 5.74) is 1.53. The van der Waals surface area contributed by atoms with Gasteiger partial charge in [-0.15, -0.1) is 0 Å². The number of alkyl halides is 1. The third-order valence-electron chi connectivity index (χ3n) is 5.07. The molecule has 104 valence electrons. The highest BCUT2D eigenvalue weighted by atomic mass is 79.9. The smallest absolute Gasteiger partial charge is 0.135 e. The molecule has 1 fully saturated rings. The minimum absolute atomic E-state index is 0.154. The fourth-order valence-corrected chi connectivity index (χ4v) is 3.97. The van der Waals surface area contributed by atoms with Gasteiger partial charge in [-0.05, 0) is 30.1 Å². The molecule has 0 radical (unpaired) electrons. The van der Waals surface area contributed by atoms with E-state index in [1.807, 2.05) is 6.92 Å². The lowest BCUT2D eigenvalue weighted by molar-refractivity contribution is -0.122. The maximum Gasteiger partial charge on any atom is 0.135 e. The number of ketones is 1. The molecule has 4 atom stereocenters. The van der Waals surface area contributed by atoms with Crippen molar-refractivity contribution >= 4 is 21.7 Å². The quantitative estimate of drug-likeness (QED) is 0.527. The second-order valence-electron chi connectivity index (χ2n) is 6.51. The Hall–Kier alpha value is -0.110. The molecule has 1 aliphatic carbocycles. The van der Waals surface area contributed by atoms with E-state index in [9.17, 15) is 4.79 Å². The van der Waals surface area contributed by atoms with E-state index in [0.717, 1.165) is 12.8 Å². The van der Waals surface area contributed by atoms with Gasteiger partial charge in [0.2, 0.25) is 0 Å². The molecule has 1 aliphatic rings. The summed E-state index contributed by atoms with van der Waals surface area (Å²) in [7, 11) is 0. The molecule has 4 unspecified atom stereocenters. The molecule has 0 amide bonds. The Kier molecular flexibility index (Phi) is 5.22. The SMILES string of the molecule is C=C1C(Br)CC(C)C(C)(C)C1CC(C)C(=O)CC. The Bertz CT molecular complexity index is 332. The van der Waals surface area contributed by atoms with E-state index in [-0.39, 0.29) is 11.3 Å². The lowest BCUT2D eigenvalue weighted by Crippen LogP contribution is -2.41. The zero-order valence-electron chi connectivity index (χ0n) is 12.4. The fourth-order valence-electron chi connectivity index (χ4n) is 3.09. The first kappa shape index (κ1) is 15.9. The summed E-state index contributed by atoms with van der Waals surface area (Å²) in [6.45, 7) is 15.3. The number of allylic oxidation sites excluding steroid dienone is 1. The van der Waals surface area contributed by atoms with Crippen molar-refractivity contribution in [1.82, 2.24) is 0 Å². The first-order chi connectivity index (χ1) is 8.21. The van der Waals surface area contributed by atoms with Crippen molar-refractivity contribution < 1.29 is 4.79 Å². The van der Waals surface area contributed by atoms with Gasteiger partial charge in [0.05, 0.1) is 0 Å². The number of Topliss-reactive ketones (excluding diaryl/α,β-unsaturated/α-hetero) is 1. The van der Waals surface area contributed by atoms with Gasteiger partial charge in [0.1, 0.15) is 5.78 Å². The Balaban J connectivity index is 2.88. The normalized spacial score (nSPS) is 33.2. The van der Waals surface area contributed by atoms with Crippen molar-refractivity contribution in [2.45, 2.75) is 58.7 Å². The van der Waals surface area contributed by atoms with Crippen LogP contribution in [-0.2, 0) is 4.79 Å². The minimum atomic E-state index is 0.154. The van der Waals surface area contributed by atoms with E-state index >= 15 is 0 Å². The number of hydrogen-bond acceptors (Lipinski definition) is 1. The van der Waals surface area contributed by atoms with Gasteiger partial charge in [-0.2, -0.15) is 0 Å². The molecule has 18 heavy (non-hydrogen) atoms. The zero-order valence-corrected chi connectivity index (χ0v) is 14.0. The summed E-state index contributed by atoms with van der Waals surface area (Å²) >= 11 is 3.75. The van der Waals surface area contributed by atoms with E-state index in [1.165, 1.54) is 5.57 Å². The zero-order chi connectivity index (χ0) is 14.1. The largest absolute Gasteiger partial charge is 0.299 e. The van der Waals surface area contributed by atoms with Crippen molar-refractivity contribution in [3.63, 3.8) is 0 Å². The van der Waals surface area contributed by atoms with E-state index in [1.54, 1.807) is 0 Å². The predicted octanol–water partition coefficient (Wildman–Crippen LogP) is 4.99. The van der Waals surface area contributed by atoms with Gasteiger partial charge >= 0.3 is 0 Å². The summed E-state index contributed by atoms with van der Waals surface area (Å²) in [5, 5.41) is 0. The Morgan fingerprint density at radius 3 is 2.61 bits per heavy atom. The lowest BCUT2D eigenvalue weighted by Gasteiger charge is -2.48. The highest BCUT2D eigenvalue weighted by molar-refractivity contribution is 9.09. The van der Waals surface area contributed by atoms with Gasteiger partial charge < -0.3 is 0 Å². The molecule has 0 aliphatic heterocycles. The van der Waals surface area contributed by atoms with Gasteiger partial charge in [-0.25, -0.2) is 0 Å². The van der Waals surface area contributed by atoms with Gasteiger partial charge in [0, 0.05) is 17.2 Å². The van der Waals surface area contributed by atoms with Crippen molar-refractivity contribution in [2.75, 3.05) is 0 Å². The molecule has 0 aromatic rings. The first-order valence-corrected chi connectivity index (χ1v) is 7.98. The Morgan fingerprint density at radius 1 is 1.56 bits per heavy atom. The molecule has 0 aromatic carbocycles. The maximum atomic E-state index is 11.8. The van der Waals surface area contributed by atoms with Crippen LogP contribution in [0.15, 0.2) is 12.2 Å². The third-order valence-corrected chi connectivity index (χ3v) is 6.03. The van der Waals surface area contributed by atoms with Crippen LogP contribution in [0.2, 0.25) is 0 Å². The van der Waals surface area contributed by atoms with Crippen molar-refractivity contribution in [2.24, 2.45) is 23.2 Å². The molecule has 1 nitrogen and oxygen atoms in total. The number of hydrogen-bond donors (Lipinski definition) is 0. The molecule has 0 saturated heterocycles. The number of carbonyl (C=O) groups is 1. The summed E-state index contributed by atoms with van der Waals surface area (Å²) in [4.78, 5) is 12.2. The average molecular weight is 315 g/mol. The minimum Gasteiger partial charge on any atom is -0.299 e. The second-order valence-corrected chi connectivity index (χ2v) is 7.62. The summed E-state index contributed by atoms with van der Waals surface area (Å²) < 4.78 is 0. The van der Waals surface area contributed by atoms with E-state index in [2.05, 4.69) is 50.2 Å². The van der Waals surface area contributed by atoms with Crippen molar-refractivity contribution in [3.8, 4) is 0 Å². The summed E-state index contributed by atoms with van der Waals surface area (Å²) in [6.07, 6.45) is 2.75. The van der Waals surface area contributed by atoms with Crippen LogP contribution in [0.4, 0.5) is 0 Å². The molecule has 0 spiro atoms. The van der Waals surface area contributed by atoms with Gasteiger partial charge in [0.15, 0.2) is 0 Å². The van der Waals surface area contributed by atoms with Crippen LogP contribution in [0.1, 0.15) is 53.9 Å². The van der Waals surface area contributed by atoms with Crippen LogP contribution in [-0.4, -0.2) is 10.6 Å². The standard InChI is InChI=1S/C16H27BrO/c1-7-15(18)10(2)8-13-12(4)14(17)9-11(3)16(13,5)6/h10-11,13-14H,4,7-9H2,1-3,5-6H3. The highest BCUT2D eigenvalue weighted by Gasteiger charge is 2.43. The van der Waals surface area contributed by atoms with Gasteiger partial charge in [-0.3, -0.25) is 4.79 Å². The molecule has 1 rings (SSSR count). The lowest BCUT2D eigenvalue weighted by atomic mass is 9.59. The Labute approximate surface area is 121 Å². The van der Waals surface area contributed by atoms with Crippen molar-refractivity contribution in [3.05, 3.63) is 12.2 Å². The molecule has 0 bridgehead atoms. The molecule has 0 heterocycles. The van der Waals surface area contributed by atoms with Crippen LogP contribution in [0, 0.1) is 23.2 Å². The van der Waals surface area contributed by atoms with Crippen LogP contribution < -0.4 is 0 Å². The molecule has 0 aromatic heterocycles. The number of halogens is 1. The van der Waals surface area contributed by atoms with Gasteiger partial charge in [0.25, 0.3) is 0 Å². The van der Waals surface area contributed by atoms with Crippen LogP contribution in [0.5, 0.6) is 0 Å². The second kappa shape index (κ2) is 5.90. The van der Waals surface area contributed by atoms with E-state index in [4.69, 9.17) is 0 Å². The van der Waals surface area contributed by atoms with Crippen molar-refractivity contribution in [1.29, 1.82) is 0 Å². The molecule has 0 N–H and O–H groups in total. The molecular formula is C16H27BrO. The van der Waals surface area contributed by atoms with E-state index < -0.39 is 0 Å². The van der Waals surface area contributed by atoms with Crippen LogP contribution in [0.3, 0.4) is 0 Å². The van der Waals surface area contributed by atoms with Gasteiger partial charge in [-0.1, -0.05) is 62.7 Å². The number of rotatable bonds is 4. The predicted molar refractivity (Wildman–Crippen MR) is 82.0 cm³/mol. The fraction of sp³-hybridized carbons (Fsp3) is 0.812. The maximum absolute atomic E-state index is 11.8.